The summed E-state index contributed by atoms with van der Waals surface area (Å²) in [5, 5.41) is 0. The van der Waals surface area contributed by atoms with Gasteiger partial charge in [-0.05, 0) is 45.4 Å². The zero-order valence-electron chi connectivity index (χ0n) is 8.17. The monoisotopic (exact) mass is 166 g/mol. The van der Waals surface area contributed by atoms with Gasteiger partial charge in [0.05, 0.1) is 0 Å². The number of hydrogen-bond donors (Lipinski definition) is 1. The molecule has 2 heteroatoms. The summed E-state index contributed by atoms with van der Waals surface area (Å²) in [4.78, 5) is 0. The minimum atomic E-state index is 0.187. The first kappa shape index (κ1) is 9.33. The number of nitrogens with two attached hydrogens (primary N) is 1. The van der Waals surface area contributed by atoms with E-state index in [1.54, 1.807) is 0 Å². The van der Waals surface area contributed by atoms with Crippen LogP contribution in [0.5, 0.6) is 0 Å². The van der Waals surface area contributed by atoms with Crippen molar-refractivity contribution >= 4 is 0 Å². The van der Waals surface area contributed by atoms with E-state index in [0.29, 0.717) is 0 Å². The molecule has 0 aromatic carbocycles. The molecule has 0 amide bonds. The van der Waals surface area contributed by atoms with E-state index < -0.39 is 0 Å². The van der Waals surface area contributed by atoms with Gasteiger partial charge in [0.25, 0.3) is 0 Å². The van der Waals surface area contributed by atoms with Crippen molar-refractivity contribution in [2.24, 2.45) is 5.73 Å². The number of hydrogen-bond acceptors (Lipinski definition) is 1. The fourth-order valence-electron chi connectivity index (χ4n) is 1.17. The van der Waals surface area contributed by atoms with Crippen LogP contribution in [0.4, 0.5) is 0 Å². The van der Waals surface area contributed by atoms with Gasteiger partial charge in [-0.3, -0.25) is 0 Å². The molecule has 0 aliphatic heterocycles. The molecule has 1 heterocycles. The van der Waals surface area contributed by atoms with Gasteiger partial charge in [-0.2, -0.15) is 0 Å². The van der Waals surface area contributed by atoms with Crippen LogP contribution in [0.2, 0.25) is 0 Å². The van der Waals surface area contributed by atoms with Gasteiger partial charge in [0.2, 0.25) is 0 Å². The molecule has 68 valence electrons. The Bertz CT molecular complexity index is 243. The fraction of sp³-hybridized carbons (Fsp3) is 0.600. The van der Waals surface area contributed by atoms with Crippen molar-refractivity contribution in [2.45, 2.75) is 32.7 Å². The Morgan fingerprint density at radius 2 is 2.08 bits per heavy atom. The quantitative estimate of drug-likeness (QED) is 0.713. The molecule has 0 aliphatic carbocycles. The summed E-state index contributed by atoms with van der Waals surface area (Å²) in [5.74, 6) is 0. The van der Waals surface area contributed by atoms with Crippen molar-refractivity contribution in [3.63, 3.8) is 0 Å². The second kappa shape index (κ2) is 3.31. The van der Waals surface area contributed by atoms with Crippen LogP contribution in [0.25, 0.3) is 0 Å². The van der Waals surface area contributed by atoms with Crippen molar-refractivity contribution in [3.05, 3.63) is 24.0 Å². The summed E-state index contributed by atoms with van der Waals surface area (Å²) >= 11 is 0. The van der Waals surface area contributed by atoms with Gasteiger partial charge < -0.3 is 10.3 Å². The van der Waals surface area contributed by atoms with Gasteiger partial charge in [0.1, 0.15) is 0 Å². The first-order valence-corrected chi connectivity index (χ1v) is 4.41. The van der Waals surface area contributed by atoms with Crippen LogP contribution >= 0.6 is 0 Å². The molecular weight excluding hydrogens is 148 g/mol. The Morgan fingerprint density at radius 3 is 2.50 bits per heavy atom. The number of aromatic nitrogens is 1. The minimum Gasteiger partial charge on any atom is -0.349 e. The molecule has 12 heavy (non-hydrogen) atoms. The molecule has 0 spiro atoms. The Kier molecular flexibility index (Phi) is 2.58. The molecule has 1 rings (SSSR count). The minimum absolute atomic E-state index is 0.187. The maximum absolute atomic E-state index is 5.47. The molecule has 0 saturated carbocycles. The molecule has 1 aromatic rings. The van der Waals surface area contributed by atoms with Crippen molar-refractivity contribution in [1.29, 1.82) is 0 Å². The second-order valence-corrected chi connectivity index (χ2v) is 4.14. The molecule has 0 saturated heterocycles. The SMILES string of the molecule is CC(C)(C)n1ccc(CCN)c1. The lowest BCUT2D eigenvalue weighted by atomic mass is 10.1. The third-order valence-corrected chi connectivity index (χ3v) is 1.96. The maximum Gasteiger partial charge on any atom is 0.0355 e. The topological polar surface area (TPSA) is 30.9 Å². The van der Waals surface area contributed by atoms with Gasteiger partial charge in [-0.1, -0.05) is 0 Å². The van der Waals surface area contributed by atoms with E-state index in [0.717, 1.165) is 13.0 Å². The highest BCUT2D eigenvalue weighted by molar-refractivity contribution is 5.12. The summed E-state index contributed by atoms with van der Waals surface area (Å²) in [6, 6.07) is 2.14. The van der Waals surface area contributed by atoms with Crippen molar-refractivity contribution in [1.82, 2.24) is 4.57 Å². The standard InChI is InChI=1S/C10H18N2/c1-10(2,3)12-7-5-9(8-12)4-6-11/h5,7-8H,4,6,11H2,1-3H3. The smallest absolute Gasteiger partial charge is 0.0355 e. The van der Waals surface area contributed by atoms with E-state index in [-0.39, 0.29) is 5.54 Å². The highest BCUT2D eigenvalue weighted by Gasteiger charge is 2.11. The summed E-state index contributed by atoms with van der Waals surface area (Å²) in [7, 11) is 0. The van der Waals surface area contributed by atoms with Gasteiger partial charge in [0, 0.05) is 17.9 Å². The average molecular weight is 166 g/mol. The van der Waals surface area contributed by atoms with E-state index in [1.807, 2.05) is 0 Å². The Labute approximate surface area is 74.4 Å². The molecule has 2 N–H and O–H groups in total. The molecule has 1 aromatic heterocycles. The molecule has 0 radical (unpaired) electrons. The summed E-state index contributed by atoms with van der Waals surface area (Å²) in [6.07, 6.45) is 5.26. The van der Waals surface area contributed by atoms with Gasteiger partial charge in [-0.15, -0.1) is 0 Å². The van der Waals surface area contributed by atoms with E-state index in [2.05, 4.69) is 43.8 Å². The third-order valence-electron chi connectivity index (χ3n) is 1.96. The zero-order chi connectivity index (χ0) is 9.19. The van der Waals surface area contributed by atoms with Gasteiger partial charge >= 0.3 is 0 Å². The maximum atomic E-state index is 5.47. The normalized spacial score (nSPS) is 12.0. The van der Waals surface area contributed by atoms with Crippen molar-refractivity contribution in [2.75, 3.05) is 6.54 Å². The van der Waals surface area contributed by atoms with E-state index in [9.17, 15) is 0 Å². The van der Waals surface area contributed by atoms with Crippen LogP contribution < -0.4 is 5.73 Å². The van der Waals surface area contributed by atoms with E-state index >= 15 is 0 Å². The molecule has 0 unspecified atom stereocenters. The highest BCUT2D eigenvalue weighted by atomic mass is 15.0. The highest BCUT2D eigenvalue weighted by Crippen LogP contribution is 2.15. The van der Waals surface area contributed by atoms with E-state index in [1.165, 1.54) is 5.56 Å². The van der Waals surface area contributed by atoms with Crippen LogP contribution in [0.1, 0.15) is 26.3 Å². The molecule has 2 nitrogen and oxygen atoms in total. The number of nitrogens with zero attached hydrogens (tertiary/aromatic N) is 1. The van der Waals surface area contributed by atoms with Gasteiger partial charge in [-0.25, -0.2) is 0 Å². The average Bonchev–Trinajstić information content (AvgIpc) is 2.35. The van der Waals surface area contributed by atoms with Crippen LogP contribution in [0.15, 0.2) is 18.5 Å². The van der Waals surface area contributed by atoms with Crippen molar-refractivity contribution in [3.8, 4) is 0 Å². The zero-order valence-corrected chi connectivity index (χ0v) is 8.17. The van der Waals surface area contributed by atoms with Crippen LogP contribution in [0.3, 0.4) is 0 Å². The largest absolute Gasteiger partial charge is 0.349 e. The molecule has 0 atom stereocenters. The summed E-state index contributed by atoms with van der Waals surface area (Å²) in [5.41, 5.74) is 6.98. The molecule has 0 aliphatic rings. The van der Waals surface area contributed by atoms with Crippen molar-refractivity contribution < 1.29 is 0 Å². The Balaban J connectivity index is 2.77. The van der Waals surface area contributed by atoms with Crippen LogP contribution in [-0.2, 0) is 12.0 Å². The lowest BCUT2D eigenvalue weighted by Gasteiger charge is -2.20. The lowest BCUT2D eigenvalue weighted by Crippen LogP contribution is -2.19. The second-order valence-electron chi connectivity index (χ2n) is 4.14. The van der Waals surface area contributed by atoms with Crippen LogP contribution in [0, 0.1) is 0 Å². The Hall–Kier alpha value is -0.760. The number of rotatable bonds is 2. The Morgan fingerprint density at radius 1 is 1.42 bits per heavy atom. The molecule has 0 bridgehead atoms. The third kappa shape index (κ3) is 2.11. The predicted octanol–water partition coefficient (Wildman–Crippen LogP) is 1.74. The molecule has 0 fully saturated rings. The van der Waals surface area contributed by atoms with E-state index in [4.69, 9.17) is 5.73 Å². The summed E-state index contributed by atoms with van der Waals surface area (Å²) < 4.78 is 2.22. The first-order valence-electron chi connectivity index (χ1n) is 4.41. The first-order chi connectivity index (χ1) is 5.54. The fourth-order valence-corrected chi connectivity index (χ4v) is 1.17. The van der Waals surface area contributed by atoms with Crippen LogP contribution in [-0.4, -0.2) is 11.1 Å². The predicted molar refractivity (Wildman–Crippen MR) is 52.2 cm³/mol. The molecular formula is C10H18N2. The lowest BCUT2D eigenvalue weighted by molar-refractivity contribution is 0.398. The summed E-state index contributed by atoms with van der Waals surface area (Å²) in [6.45, 7) is 7.31. The van der Waals surface area contributed by atoms with Gasteiger partial charge in [0.15, 0.2) is 0 Å².